The topological polar surface area (TPSA) is 52.6 Å². The van der Waals surface area contributed by atoms with Gasteiger partial charge in [-0.2, -0.15) is 0 Å². The Balaban J connectivity index is 1.37. The van der Waals surface area contributed by atoms with Crippen molar-refractivity contribution in [2.45, 2.75) is 18.4 Å². The average Bonchev–Trinajstić information content (AvgIpc) is 3.09. The van der Waals surface area contributed by atoms with Crippen molar-refractivity contribution in [1.82, 2.24) is 4.98 Å². The Morgan fingerprint density at radius 3 is 2.65 bits per heavy atom. The summed E-state index contributed by atoms with van der Waals surface area (Å²) in [5.41, 5.74) is 3.24. The molecule has 26 heavy (non-hydrogen) atoms. The van der Waals surface area contributed by atoms with Crippen molar-refractivity contribution in [2.75, 3.05) is 19.2 Å². The van der Waals surface area contributed by atoms with Gasteiger partial charge >= 0.3 is 0 Å². The van der Waals surface area contributed by atoms with Crippen molar-refractivity contribution in [1.29, 1.82) is 0 Å². The van der Waals surface area contributed by atoms with Gasteiger partial charge in [-0.25, -0.2) is 4.98 Å². The molecule has 0 unspecified atom stereocenters. The number of benzene rings is 2. The molecule has 5 rings (SSSR count). The van der Waals surface area contributed by atoms with Gasteiger partial charge in [0.05, 0.1) is 18.3 Å². The molecular formula is C20H18N2O3S. The first-order valence-electron chi connectivity index (χ1n) is 8.54. The van der Waals surface area contributed by atoms with Crippen molar-refractivity contribution >= 4 is 16.5 Å². The number of hydrogen-bond acceptors (Lipinski definition) is 6. The Morgan fingerprint density at radius 2 is 1.88 bits per heavy atom. The highest BCUT2D eigenvalue weighted by molar-refractivity contribution is 7.14. The van der Waals surface area contributed by atoms with Crippen LogP contribution in [-0.4, -0.2) is 18.9 Å². The molecule has 1 aliphatic carbocycles. The lowest BCUT2D eigenvalue weighted by Crippen LogP contribution is -2.18. The number of thiazole rings is 1. The van der Waals surface area contributed by atoms with E-state index in [0.29, 0.717) is 6.79 Å². The third-order valence-electron chi connectivity index (χ3n) is 4.91. The Labute approximate surface area is 155 Å². The summed E-state index contributed by atoms with van der Waals surface area (Å²) < 4.78 is 16.1. The Hall–Kier alpha value is -2.73. The molecule has 0 atom stereocenters. The van der Waals surface area contributed by atoms with Gasteiger partial charge in [-0.1, -0.05) is 6.07 Å². The number of nitrogens with zero attached hydrogens (tertiary/aromatic N) is 1. The summed E-state index contributed by atoms with van der Waals surface area (Å²) in [4.78, 5) is 4.77. The van der Waals surface area contributed by atoms with Crippen LogP contribution in [0, 0.1) is 0 Å². The second-order valence-corrected chi connectivity index (χ2v) is 7.40. The van der Waals surface area contributed by atoms with Crippen LogP contribution in [0.2, 0.25) is 0 Å². The van der Waals surface area contributed by atoms with E-state index in [1.54, 1.807) is 18.4 Å². The SMILES string of the molecule is COc1ccc(-c2csc(NC3(c4ccc5c(c4)OCO5)CC3)n2)cc1. The second-order valence-electron chi connectivity index (χ2n) is 6.54. The van der Waals surface area contributed by atoms with Crippen LogP contribution in [0.1, 0.15) is 18.4 Å². The van der Waals surface area contributed by atoms with Crippen molar-refractivity contribution in [3.05, 3.63) is 53.4 Å². The Bertz CT molecular complexity index is 948. The van der Waals surface area contributed by atoms with E-state index in [0.717, 1.165) is 46.5 Å². The molecule has 0 spiro atoms. The maximum atomic E-state index is 5.52. The van der Waals surface area contributed by atoms with Gasteiger partial charge in [0.2, 0.25) is 6.79 Å². The van der Waals surface area contributed by atoms with E-state index in [2.05, 4.69) is 22.8 Å². The summed E-state index contributed by atoms with van der Waals surface area (Å²) in [6.07, 6.45) is 2.17. The highest BCUT2D eigenvalue weighted by atomic mass is 32.1. The molecule has 2 aromatic carbocycles. The quantitative estimate of drug-likeness (QED) is 0.712. The van der Waals surface area contributed by atoms with Crippen LogP contribution in [0.15, 0.2) is 47.8 Å². The minimum absolute atomic E-state index is 0.0456. The molecule has 132 valence electrons. The summed E-state index contributed by atoms with van der Waals surface area (Å²) in [6.45, 7) is 0.302. The van der Waals surface area contributed by atoms with E-state index < -0.39 is 0 Å². The number of nitrogens with one attached hydrogen (secondary N) is 1. The molecule has 2 aliphatic rings. The predicted octanol–water partition coefficient (Wildman–Crippen LogP) is 4.65. The lowest BCUT2D eigenvalue weighted by atomic mass is 10.0. The maximum Gasteiger partial charge on any atom is 0.231 e. The molecule has 0 radical (unpaired) electrons. The van der Waals surface area contributed by atoms with E-state index in [1.807, 2.05) is 30.3 Å². The van der Waals surface area contributed by atoms with E-state index in [9.17, 15) is 0 Å². The van der Waals surface area contributed by atoms with Gasteiger partial charge in [0, 0.05) is 10.9 Å². The highest BCUT2D eigenvalue weighted by Gasteiger charge is 2.45. The van der Waals surface area contributed by atoms with Crippen LogP contribution in [0.3, 0.4) is 0 Å². The molecular weight excluding hydrogens is 348 g/mol. The predicted molar refractivity (Wildman–Crippen MR) is 101 cm³/mol. The fraction of sp³-hybridized carbons (Fsp3) is 0.250. The zero-order valence-electron chi connectivity index (χ0n) is 14.3. The summed E-state index contributed by atoms with van der Waals surface area (Å²) in [6, 6.07) is 14.2. The van der Waals surface area contributed by atoms with Crippen LogP contribution >= 0.6 is 11.3 Å². The van der Waals surface area contributed by atoms with Crippen LogP contribution in [0.5, 0.6) is 17.2 Å². The van der Waals surface area contributed by atoms with Crippen LogP contribution < -0.4 is 19.5 Å². The summed E-state index contributed by atoms with van der Waals surface area (Å²) >= 11 is 1.63. The smallest absolute Gasteiger partial charge is 0.231 e. The van der Waals surface area contributed by atoms with E-state index in [1.165, 1.54) is 5.56 Å². The van der Waals surface area contributed by atoms with Crippen molar-refractivity contribution < 1.29 is 14.2 Å². The molecule has 3 aromatic rings. The van der Waals surface area contributed by atoms with Gasteiger partial charge in [-0.3, -0.25) is 0 Å². The van der Waals surface area contributed by atoms with Gasteiger partial charge in [0.25, 0.3) is 0 Å². The second kappa shape index (κ2) is 5.92. The first-order valence-corrected chi connectivity index (χ1v) is 9.42. The Morgan fingerprint density at radius 1 is 1.08 bits per heavy atom. The number of hydrogen-bond donors (Lipinski definition) is 1. The standard InChI is InChI=1S/C20H18N2O3S/c1-23-15-5-2-13(3-6-15)16-11-26-19(21-16)22-20(8-9-20)14-4-7-17-18(10-14)25-12-24-17/h2-7,10-11H,8-9,12H2,1H3,(H,21,22). The van der Waals surface area contributed by atoms with E-state index in [4.69, 9.17) is 19.2 Å². The molecule has 1 N–H and O–H groups in total. The molecule has 5 nitrogen and oxygen atoms in total. The summed E-state index contributed by atoms with van der Waals surface area (Å²) in [5, 5.41) is 6.66. The van der Waals surface area contributed by atoms with Gasteiger partial charge in [-0.05, 0) is 54.8 Å². The van der Waals surface area contributed by atoms with Crippen molar-refractivity contribution in [2.24, 2.45) is 0 Å². The molecule has 1 fully saturated rings. The third-order valence-corrected chi connectivity index (χ3v) is 5.67. The third kappa shape index (κ3) is 2.66. The largest absolute Gasteiger partial charge is 0.497 e. The maximum absolute atomic E-state index is 5.52. The Kier molecular flexibility index (Phi) is 3.53. The monoisotopic (exact) mass is 366 g/mol. The first kappa shape index (κ1) is 15.5. The number of aromatic nitrogens is 1. The highest BCUT2D eigenvalue weighted by Crippen LogP contribution is 2.50. The van der Waals surface area contributed by atoms with Crippen molar-refractivity contribution in [3.8, 4) is 28.5 Å². The lowest BCUT2D eigenvalue weighted by molar-refractivity contribution is 0.174. The number of rotatable bonds is 5. The normalized spacial score (nSPS) is 16.3. The zero-order valence-corrected chi connectivity index (χ0v) is 15.1. The molecule has 0 amide bonds. The molecule has 1 aromatic heterocycles. The molecule has 0 saturated heterocycles. The zero-order chi connectivity index (χ0) is 17.6. The van der Waals surface area contributed by atoms with E-state index >= 15 is 0 Å². The summed E-state index contributed by atoms with van der Waals surface area (Å²) in [5.74, 6) is 2.50. The first-order chi connectivity index (χ1) is 12.8. The fourth-order valence-electron chi connectivity index (χ4n) is 3.24. The fourth-order valence-corrected chi connectivity index (χ4v) is 4.05. The van der Waals surface area contributed by atoms with Gasteiger partial charge in [0.1, 0.15) is 5.75 Å². The molecule has 1 saturated carbocycles. The van der Waals surface area contributed by atoms with E-state index in [-0.39, 0.29) is 5.54 Å². The molecule has 1 aliphatic heterocycles. The van der Waals surface area contributed by atoms with Crippen LogP contribution in [0.25, 0.3) is 11.3 Å². The van der Waals surface area contributed by atoms with Gasteiger partial charge in [0.15, 0.2) is 16.6 Å². The number of fused-ring (bicyclic) bond motifs is 1. The minimum atomic E-state index is -0.0456. The van der Waals surface area contributed by atoms with Crippen molar-refractivity contribution in [3.63, 3.8) is 0 Å². The van der Waals surface area contributed by atoms with Gasteiger partial charge < -0.3 is 19.5 Å². The van der Waals surface area contributed by atoms with Crippen LogP contribution in [-0.2, 0) is 5.54 Å². The number of ether oxygens (including phenoxy) is 3. The lowest BCUT2D eigenvalue weighted by Gasteiger charge is -2.17. The average molecular weight is 366 g/mol. The summed E-state index contributed by atoms with van der Waals surface area (Å²) in [7, 11) is 1.67. The minimum Gasteiger partial charge on any atom is -0.497 e. The molecule has 2 heterocycles. The van der Waals surface area contributed by atoms with Crippen LogP contribution in [0.4, 0.5) is 5.13 Å². The molecule has 6 heteroatoms. The van der Waals surface area contributed by atoms with Gasteiger partial charge in [-0.15, -0.1) is 11.3 Å². The number of methoxy groups -OCH3 is 1. The molecule has 0 bridgehead atoms. The number of anilines is 1.